The van der Waals surface area contributed by atoms with Crippen LogP contribution in [0.15, 0.2) is 24.3 Å². The van der Waals surface area contributed by atoms with Gasteiger partial charge in [-0.25, -0.2) is 4.68 Å². The summed E-state index contributed by atoms with van der Waals surface area (Å²) in [6, 6.07) is 8.33. The standard InChI is InChI=1S/C22H29N5O2S/c1-15-7-9-18(10-8-15)27-20-19(16(2)25-27)30-22(24-20)26-12-4-6-17(14-26)21(28)23-11-5-13-29-3/h7-10,17H,4-6,11-14H2,1-3H3,(H,23,28). The van der Waals surface area contributed by atoms with Crippen LogP contribution in [0.25, 0.3) is 16.0 Å². The first kappa shape index (κ1) is 20.8. The summed E-state index contributed by atoms with van der Waals surface area (Å²) in [6.45, 7) is 7.08. The lowest BCUT2D eigenvalue weighted by Crippen LogP contribution is -2.43. The van der Waals surface area contributed by atoms with Crippen LogP contribution in [0.1, 0.15) is 30.5 Å². The third-order valence-corrected chi connectivity index (χ3v) is 6.76. The number of aryl methyl sites for hydroxylation is 2. The number of carbonyl (C=O) groups excluding carboxylic acids is 1. The van der Waals surface area contributed by atoms with Gasteiger partial charge in [0.05, 0.1) is 22.0 Å². The molecule has 1 atom stereocenters. The zero-order valence-corrected chi connectivity index (χ0v) is 18.7. The molecule has 1 saturated heterocycles. The van der Waals surface area contributed by atoms with Crippen molar-refractivity contribution in [2.24, 2.45) is 5.92 Å². The van der Waals surface area contributed by atoms with Gasteiger partial charge < -0.3 is 15.0 Å². The molecule has 3 aromatic rings. The molecule has 1 amide bonds. The summed E-state index contributed by atoms with van der Waals surface area (Å²) in [4.78, 5) is 19.8. The molecule has 1 unspecified atom stereocenters. The van der Waals surface area contributed by atoms with Gasteiger partial charge in [-0.15, -0.1) is 0 Å². The number of rotatable bonds is 7. The highest BCUT2D eigenvalue weighted by Crippen LogP contribution is 2.34. The maximum atomic E-state index is 12.6. The maximum Gasteiger partial charge on any atom is 0.224 e. The van der Waals surface area contributed by atoms with Gasteiger partial charge in [0.25, 0.3) is 0 Å². The molecular formula is C22H29N5O2S. The minimum absolute atomic E-state index is 0.00278. The number of amides is 1. The van der Waals surface area contributed by atoms with E-state index in [9.17, 15) is 4.79 Å². The van der Waals surface area contributed by atoms with Crippen LogP contribution >= 0.6 is 11.3 Å². The van der Waals surface area contributed by atoms with Gasteiger partial charge in [0, 0.05) is 33.4 Å². The lowest BCUT2D eigenvalue weighted by Gasteiger charge is -2.31. The van der Waals surface area contributed by atoms with E-state index >= 15 is 0 Å². The summed E-state index contributed by atoms with van der Waals surface area (Å²) in [5.74, 6) is 0.141. The van der Waals surface area contributed by atoms with E-state index in [1.165, 1.54) is 5.56 Å². The number of anilines is 1. The smallest absolute Gasteiger partial charge is 0.224 e. The van der Waals surface area contributed by atoms with Gasteiger partial charge in [-0.05, 0) is 45.2 Å². The Morgan fingerprint density at radius 2 is 2.10 bits per heavy atom. The molecule has 0 aliphatic carbocycles. The van der Waals surface area contributed by atoms with Crippen molar-refractivity contribution in [3.63, 3.8) is 0 Å². The fraction of sp³-hybridized carbons (Fsp3) is 0.500. The molecule has 0 bridgehead atoms. The Labute approximate surface area is 181 Å². The minimum Gasteiger partial charge on any atom is -0.385 e. The van der Waals surface area contributed by atoms with Crippen molar-refractivity contribution in [2.75, 3.05) is 38.3 Å². The number of piperidine rings is 1. The van der Waals surface area contributed by atoms with Crippen LogP contribution < -0.4 is 10.2 Å². The van der Waals surface area contributed by atoms with E-state index in [-0.39, 0.29) is 11.8 Å². The van der Waals surface area contributed by atoms with E-state index in [2.05, 4.69) is 41.4 Å². The molecule has 4 rings (SSSR count). The summed E-state index contributed by atoms with van der Waals surface area (Å²) in [7, 11) is 1.68. The molecule has 1 N–H and O–H groups in total. The number of ether oxygens (including phenoxy) is 1. The Morgan fingerprint density at radius 1 is 1.30 bits per heavy atom. The van der Waals surface area contributed by atoms with Crippen molar-refractivity contribution in [2.45, 2.75) is 33.1 Å². The first-order valence-corrected chi connectivity index (χ1v) is 11.3. The zero-order valence-electron chi connectivity index (χ0n) is 17.9. The van der Waals surface area contributed by atoms with Gasteiger partial charge in [0.15, 0.2) is 10.8 Å². The lowest BCUT2D eigenvalue weighted by molar-refractivity contribution is -0.125. The average Bonchev–Trinajstić information content (AvgIpc) is 3.33. The molecule has 0 spiro atoms. The molecule has 3 heterocycles. The Balaban J connectivity index is 1.51. The number of nitrogens with one attached hydrogen (secondary N) is 1. The van der Waals surface area contributed by atoms with Crippen molar-refractivity contribution in [3.05, 3.63) is 35.5 Å². The van der Waals surface area contributed by atoms with E-state index in [1.54, 1.807) is 18.4 Å². The second kappa shape index (κ2) is 9.14. The molecule has 30 heavy (non-hydrogen) atoms. The van der Waals surface area contributed by atoms with E-state index < -0.39 is 0 Å². The first-order valence-electron chi connectivity index (χ1n) is 10.5. The molecule has 2 aromatic heterocycles. The van der Waals surface area contributed by atoms with Gasteiger partial charge >= 0.3 is 0 Å². The number of fused-ring (bicyclic) bond motifs is 1. The maximum absolute atomic E-state index is 12.6. The summed E-state index contributed by atoms with van der Waals surface area (Å²) < 4.78 is 8.08. The van der Waals surface area contributed by atoms with Crippen LogP contribution in [0.3, 0.4) is 0 Å². The normalized spacial score (nSPS) is 16.9. The average molecular weight is 428 g/mol. The van der Waals surface area contributed by atoms with Crippen LogP contribution in [-0.4, -0.2) is 54.0 Å². The number of hydrogen-bond donors (Lipinski definition) is 1. The zero-order chi connectivity index (χ0) is 21.1. The number of carbonyl (C=O) groups is 1. The van der Waals surface area contributed by atoms with Gasteiger partial charge in [0.1, 0.15) is 0 Å². The van der Waals surface area contributed by atoms with Gasteiger partial charge in [0.2, 0.25) is 5.91 Å². The summed E-state index contributed by atoms with van der Waals surface area (Å²) in [5, 5.41) is 8.72. The molecular weight excluding hydrogens is 398 g/mol. The van der Waals surface area contributed by atoms with Gasteiger partial charge in [-0.1, -0.05) is 29.0 Å². The highest BCUT2D eigenvalue weighted by molar-refractivity contribution is 7.22. The third kappa shape index (κ3) is 4.34. The second-order valence-electron chi connectivity index (χ2n) is 7.90. The Bertz CT molecular complexity index is 1010. The molecule has 8 heteroatoms. The number of thiazole rings is 1. The van der Waals surface area contributed by atoms with E-state index in [4.69, 9.17) is 14.8 Å². The molecule has 1 aromatic carbocycles. The highest BCUT2D eigenvalue weighted by atomic mass is 32.1. The van der Waals surface area contributed by atoms with Gasteiger partial charge in [-0.2, -0.15) is 10.1 Å². The van der Waals surface area contributed by atoms with Crippen LogP contribution in [0.4, 0.5) is 5.13 Å². The number of methoxy groups -OCH3 is 1. The molecule has 1 aliphatic rings. The van der Waals surface area contributed by atoms with Crippen molar-refractivity contribution in [3.8, 4) is 5.69 Å². The van der Waals surface area contributed by atoms with Crippen LogP contribution in [0, 0.1) is 19.8 Å². The van der Waals surface area contributed by atoms with E-state index in [0.29, 0.717) is 19.7 Å². The van der Waals surface area contributed by atoms with Crippen LogP contribution in [0.2, 0.25) is 0 Å². The quantitative estimate of drug-likeness (QED) is 0.585. The number of nitrogens with zero attached hydrogens (tertiary/aromatic N) is 4. The first-order chi connectivity index (χ1) is 14.6. The van der Waals surface area contributed by atoms with Crippen molar-refractivity contribution in [1.82, 2.24) is 20.1 Å². The molecule has 1 fully saturated rings. The van der Waals surface area contributed by atoms with Crippen LogP contribution in [0.5, 0.6) is 0 Å². The predicted molar refractivity (Wildman–Crippen MR) is 121 cm³/mol. The molecule has 1 aliphatic heterocycles. The molecule has 0 saturated carbocycles. The van der Waals surface area contributed by atoms with E-state index in [0.717, 1.165) is 52.7 Å². The number of benzene rings is 1. The second-order valence-corrected chi connectivity index (χ2v) is 8.88. The molecule has 7 nitrogen and oxygen atoms in total. The van der Waals surface area contributed by atoms with Gasteiger partial charge in [-0.3, -0.25) is 4.79 Å². The van der Waals surface area contributed by atoms with E-state index in [1.807, 2.05) is 11.6 Å². The predicted octanol–water partition coefficient (Wildman–Crippen LogP) is 3.47. The Hall–Kier alpha value is -2.45. The topological polar surface area (TPSA) is 72.3 Å². The third-order valence-electron chi connectivity index (χ3n) is 5.54. The lowest BCUT2D eigenvalue weighted by atomic mass is 9.97. The van der Waals surface area contributed by atoms with Crippen molar-refractivity contribution < 1.29 is 9.53 Å². The monoisotopic (exact) mass is 427 g/mol. The SMILES string of the molecule is COCCCNC(=O)C1CCCN(c2nc3c(s2)c(C)nn3-c2ccc(C)cc2)C1. The molecule has 160 valence electrons. The Morgan fingerprint density at radius 3 is 2.87 bits per heavy atom. The largest absolute Gasteiger partial charge is 0.385 e. The fourth-order valence-electron chi connectivity index (χ4n) is 3.86. The fourth-order valence-corrected chi connectivity index (χ4v) is 4.88. The minimum atomic E-state index is 0.00278. The summed E-state index contributed by atoms with van der Waals surface area (Å²) in [6.07, 6.45) is 2.76. The number of hydrogen-bond acceptors (Lipinski definition) is 6. The van der Waals surface area contributed by atoms with Crippen LogP contribution in [-0.2, 0) is 9.53 Å². The molecule has 0 radical (unpaired) electrons. The Kier molecular flexibility index (Phi) is 6.34. The summed E-state index contributed by atoms with van der Waals surface area (Å²) in [5.41, 5.74) is 4.11. The van der Waals surface area contributed by atoms with Crippen molar-refractivity contribution in [1.29, 1.82) is 0 Å². The highest BCUT2D eigenvalue weighted by Gasteiger charge is 2.28. The number of aromatic nitrogens is 3. The van der Waals surface area contributed by atoms with Crippen molar-refractivity contribution >= 4 is 32.7 Å². The summed E-state index contributed by atoms with van der Waals surface area (Å²) >= 11 is 1.67.